The van der Waals surface area contributed by atoms with Gasteiger partial charge in [0, 0.05) is 48.2 Å². The molecule has 0 radical (unpaired) electrons. The number of anilines is 1. The second-order valence-electron chi connectivity index (χ2n) is 16.9. The van der Waals surface area contributed by atoms with E-state index in [1.807, 2.05) is 25.1 Å². The van der Waals surface area contributed by atoms with Crippen molar-refractivity contribution in [2.45, 2.75) is 94.4 Å². The summed E-state index contributed by atoms with van der Waals surface area (Å²) in [6.45, 7) is 10.3. The Morgan fingerprint density at radius 1 is 1.09 bits per heavy atom. The van der Waals surface area contributed by atoms with Gasteiger partial charge < -0.3 is 19.1 Å². The molecule has 0 unspecified atom stereocenters. The van der Waals surface area contributed by atoms with E-state index < -0.39 is 21.2 Å². The Morgan fingerprint density at radius 2 is 1.92 bits per heavy atom. The lowest BCUT2D eigenvalue weighted by atomic mass is 9.68. The van der Waals surface area contributed by atoms with Gasteiger partial charge in [-0.2, -0.15) is 0 Å². The van der Waals surface area contributed by atoms with Crippen LogP contribution < -0.4 is 14.4 Å². The predicted octanol–water partition coefficient (Wildman–Crippen LogP) is 6.77. The van der Waals surface area contributed by atoms with E-state index >= 15 is 0 Å². The number of benzene rings is 2. The molecule has 7 atom stereocenters. The molecule has 3 aliphatic heterocycles. The van der Waals surface area contributed by atoms with Gasteiger partial charge in [0.05, 0.1) is 43.5 Å². The van der Waals surface area contributed by atoms with Crippen LogP contribution in [0.4, 0.5) is 5.69 Å². The van der Waals surface area contributed by atoms with E-state index in [9.17, 15) is 13.2 Å². The second kappa shape index (κ2) is 15.5. The number of nitrogens with zero attached hydrogens (tertiary/aromatic N) is 2. The largest absolute Gasteiger partial charge is 0.490 e. The lowest BCUT2D eigenvalue weighted by Crippen LogP contribution is -2.50. The Bertz CT molecular complexity index is 1790. The van der Waals surface area contributed by atoms with Crippen molar-refractivity contribution < 1.29 is 27.4 Å². The van der Waals surface area contributed by atoms with Crippen LogP contribution in [-0.4, -0.2) is 89.2 Å². The third kappa shape index (κ3) is 8.04. The van der Waals surface area contributed by atoms with Crippen LogP contribution in [0, 0.1) is 23.7 Å². The van der Waals surface area contributed by atoms with E-state index in [-0.39, 0.29) is 23.5 Å². The van der Waals surface area contributed by atoms with Gasteiger partial charge in [0.2, 0.25) is 10.0 Å². The minimum atomic E-state index is -3.95. The highest BCUT2D eigenvalue weighted by Crippen LogP contribution is 2.47. The van der Waals surface area contributed by atoms with Crippen molar-refractivity contribution in [3.05, 3.63) is 70.3 Å². The number of rotatable bonds is 6. The van der Waals surface area contributed by atoms with Crippen molar-refractivity contribution >= 4 is 33.2 Å². The van der Waals surface area contributed by atoms with E-state index in [0.717, 1.165) is 101 Å². The molecule has 53 heavy (non-hydrogen) atoms. The van der Waals surface area contributed by atoms with Crippen molar-refractivity contribution in [2.75, 3.05) is 57.5 Å². The fraction of sp³-hybridized carbons (Fsp3) is 0.643. The molecule has 2 bridgehead atoms. The van der Waals surface area contributed by atoms with Gasteiger partial charge in [-0.15, -0.1) is 0 Å². The van der Waals surface area contributed by atoms with Gasteiger partial charge in [0.15, 0.2) is 0 Å². The number of hydrogen-bond donors (Lipinski definition) is 1. The fourth-order valence-corrected chi connectivity index (χ4v) is 11.6. The van der Waals surface area contributed by atoms with Gasteiger partial charge >= 0.3 is 0 Å². The summed E-state index contributed by atoms with van der Waals surface area (Å²) in [5.74, 6) is 1.09. The highest BCUT2D eigenvalue weighted by Gasteiger charge is 2.45. The molecular weight excluding hydrogens is 710 g/mol. The van der Waals surface area contributed by atoms with E-state index in [1.54, 1.807) is 6.07 Å². The number of morpholine rings is 1. The molecule has 11 heteroatoms. The zero-order chi connectivity index (χ0) is 36.7. The number of aryl methyl sites for hydroxylation is 1. The number of sulfonamides is 1. The van der Waals surface area contributed by atoms with Crippen molar-refractivity contribution in [1.29, 1.82) is 0 Å². The van der Waals surface area contributed by atoms with Crippen LogP contribution in [0.2, 0.25) is 5.02 Å². The Morgan fingerprint density at radius 3 is 2.70 bits per heavy atom. The van der Waals surface area contributed by atoms with Gasteiger partial charge in [-0.05, 0) is 117 Å². The summed E-state index contributed by atoms with van der Waals surface area (Å²) < 4.78 is 49.8. The molecule has 3 aliphatic carbocycles. The minimum Gasteiger partial charge on any atom is -0.490 e. The molecule has 2 saturated carbocycles. The molecule has 8 rings (SSSR count). The van der Waals surface area contributed by atoms with Gasteiger partial charge in [0.1, 0.15) is 5.75 Å². The highest BCUT2D eigenvalue weighted by molar-refractivity contribution is 7.90. The fourth-order valence-electron chi connectivity index (χ4n) is 9.68. The van der Waals surface area contributed by atoms with Crippen LogP contribution in [0.5, 0.6) is 5.75 Å². The molecule has 1 amide bonds. The van der Waals surface area contributed by atoms with Gasteiger partial charge in [-0.25, -0.2) is 13.1 Å². The van der Waals surface area contributed by atoms with Crippen LogP contribution in [0.1, 0.15) is 86.7 Å². The lowest BCUT2D eigenvalue weighted by molar-refractivity contribution is -0.0499. The number of nitrogens with one attached hydrogen (secondary N) is 1. The van der Waals surface area contributed by atoms with E-state index in [2.05, 4.69) is 45.7 Å². The Hall–Kier alpha value is -2.63. The highest BCUT2D eigenvalue weighted by atomic mass is 35.5. The van der Waals surface area contributed by atoms with Gasteiger partial charge in [-0.1, -0.05) is 49.6 Å². The first-order chi connectivity index (χ1) is 25.6. The van der Waals surface area contributed by atoms with Crippen LogP contribution in [-0.2, 0) is 31.3 Å². The zero-order valence-electron chi connectivity index (χ0n) is 31.3. The first kappa shape index (κ1) is 37.3. The van der Waals surface area contributed by atoms with Crippen molar-refractivity contribution in [3.63, 3.8) is 0 Å². The molecule has 2 aromatic rings. The maximum absolute atomic E-state index is 14.0. The molecule has 2 aromatic carbocycles. The van der Waals surface area contributed by atoms with E-state index in [1.165, 1.54) is 11.1 Å². The summed E-state index contributed by atoms with van der Waals surface area (Å²) in [5, 5.41) is 0.0939. The molecule has 1 N–H and O–H groups in total. The number of halogens is 1. The average Bonchev–Trinajstić information content (AvgIpc) is 3.98. The molecular formula is C42H56ClN3O6S. The molecule has 3 fully saturated rings. The quantitative estimate of drug-likeness (QED) is 0.322. The first-order valence-corrected chi connectivity index (χ1v) is 22.0. The van der Waals surface area contributed by atoms with Crippen LogP contribution >= 0.6 is 11.6 Å². The van der Waals surface area contributed by atoms with E-state index in [0.29, 0.717) is 49.4 Å². The number of fused-ring (bicyclic) bond motifs is 4. The molecule has 0 aromatic heterocycles. The summed E-state index contributed by atoms with van der Waals surface area (Å²) in [6.07, 6.45) is 12.8. The molecule has 6 aliphatic rings. The normalized spacial score (nSPS) is 33.0. The number of ether oxygens (including phenoxy) is 3. The SMILES string of the molecule is C[C@H](CO[C@H]1/C=C\C[C@H](C)[C@@H](CC2CC2)S(=O)(=O)NC(=O)c2ccc3c(c2)N(C[C@@H]2CC[C@H]21)C[C@@]1(CCCc2cc(Cl)ccc21)CO3)N1CCOCC1. The topological polar surface area (TPSA) is 97.4 Å². The molecule has 1 spiro atoms. The monoisotopic (exact) mass is 765 g/mol. The molecule has 1 saturated heterocycles. The van der Waals surface area contributed by atoms with Crippen LogP contribution in [0.15, 0.2) is 48.6 Å². The first-order valence-electron chi connectivity index (χ1n) is 20.1. The zero-order valence-corrected chi connectivity index (χ0v) is 32.9. The minimum absolute atomic E-state index is 0.0731. The maximum atomic E-state index is 14.0. The van der Waals surface area contributed by atoms with Gasteiger partial charge in [-0.3, -0.25) is 9.69 Å². The second-order valence-corrected chi connectivity index (χ2v) is 19.3. The Balaban J connectivity index is 1.15. The third-order valence-corrected chi connectivity index (χ3v) is 15.4. The smallest absolute Gasteiger partial charge is 0.264 e. The number of allylic oxidation sites excluding steroid dienone is 1. The molecule has 9 nitrogen and oxygen atoms in total. The number of amides is 1. The summed E-state index contributed by atoms with van der Waals surface area (Å²) in [6, 6.07) is 12.0. The standard InChI is InChI=1S/C42H56ClN3O6S/c1-28-5-3-7-38(51-25-29(2)45-17-19-50-20-18-45)35-13-10-33(35)24-46-26-42(16-4-6-31-22-34(43)12-14-36(31)42)27-52-39-15-11-32(23-37(39)46)41(47)44-53(48,49)40(28)21-30-8-9-30/h3,7,11-12,14-15,22-23,28-30,33,35,38,40H,4-6,8-10,13,16-21,24-27H2,1-2H3,(H,44,47)/b7-3-/t28-,29+,33-,35+,38-,40+,42-/m0/s1. The number of hydrogen-bond acceptors (Lipinski definition) is 8. The van der Waals surface area contributed by atoms with E-state index in [4.69, 9.17) is 25.8 Å². The third-order valence-electron chi connectivity index (χ3n) is 13.2. The summed E-state index contributed by atoms with van der Waals surface area (Å²) >= 11 is 6.50. The van der Waals surface area contributed by atoms with Crippen LogP contribution in [0.25, 0.3) is 0 Å². The van der Waals surface area contributed by atoms with Crippen molar-refractivity contribution in [1.82, 2.24) is 9.62 Å². The molecule has 3 heterocycles. The van der Waals surface area contributed by atoms with Crippen LogP contribution in [0.3, 0.4) is 0 Å². The summed E-state index contributed by atoms with van der Waals surface area (Å²) in [5.41, 5.74) is 3.50. The van der Waals surface area contributed by atoms with Crippen molar-refractivity contribution in [2.24, 2.45) is 23.7 Å². The lowest BCUT2D eigenvalue weighted by Gasteiger charge is -2.46. The summed E-state index contributed by atoms with van der Waals surface area (Å²) in [7, 11) is -3.95. The van der Waals surface area contributed by atoms with Gasteiger partial charge in [0.25, 0.3) is 5.91 Å². The number of carbonyl (C=O) groups excluding carboxylic acids is 1. The average molecular weight is 766 g/mol. The molecule has 288 valence electrons. The Labute approximate surface area is 320 Å². The maximum Gasteiger partial charge on any atom is 0.264 e. The Kier molecular flexibility index (Phi) is 10.9. The number of carbonyl (C=O) groups is 1. The summed E-state index contributed by atoms with van der Waals surface area (Å²) in [4.78, 5) is 18.7. The van der Waals surface area contributed by atoms with Crippen molar-refractivity contribution in [3.8, 4) is 5.75 Å². The predicted molar refractivity (Wildman–Crippen MR) is 208 cm³/mol.